The Hall–Kier alpha value is -1.96. The van der Waals surface area contributed by atoms with Crippen LogP contribution in [0.2, 0.25) is 5.02 Å². The zero-order valence-electron chi connectivity index (χ0n) is 11.5. The number of imide groups is 1. The second kappa shape index (κ2) is 5.68. The van der Waals surface area contributed by atoms with Crippen molar-refractivity contribution in [3.8, 4) is 0 Å². The quantitative estimate of drug-likeness (QED) is 0.768. The molecule has 3 unspecified atom stereocenters. The van der Waals surface area contributed by atoms with Crippen molar-refractivity contribution in [3.63, 3.8) is 0 Å². The molecule has 8 heteroatoms. The molecule has 7 nitrogen and oxygen atoms in total. The fourth-order valence-electron chi connectivity index (χ4n) is 2.87. The summed E-state index contributed by atoms with van der Waals surface area (Å²) in [5.41, 5.74) is 5.91. The molecule has 2 aliphatic heterocycles. The van der Waals surface area contributed by atoms with E-state index in [1.165, 1.54) is 5.06 Å². The summed E-state index contributed by atoms with van der Waals surface area (Å²) < 4.78 is 0. The van der Waals surface area contributed by atoms with E-state index in [0.717, 1.165) is 5.56 Å². The van der Waals surface area contributed by atoms with Gasteiger partial charge in [0.1, 0.15) is 0 Å². The maximum Gasteiger partial charge on any atom is 0.258 e. The van der Waals surface area contributed by atoms with Crippen molar-refractivity contribution >= 4 is 29.3 Å². The molecule has 3 atom stereocenters. The molecule has 2 fully saturated rings. The van der Waals surface area contributed by atoms with Crippen molar-refractivity contribution in [2.45, 2.75) is 18.6 Å². The first-order valence-corrected chi connectivity index (χ1v) is 7.17. The van der Waals surface area contributed by atoms with Crippen molar-refractivity contribution in [1.82, 2.24) is 10.4 Å². The summed E-state index contributed by atoms with van der Waals surface area (Å²) in [7, 11) is 0. The van der Waals surface area contributed by atoms with Crippen LogP contribution < -0.4 is 11.1 Å². The molecule has 0 bridgehead atoms. The second-order valence-corrected chi connectivity index (χ2v) is 5.70. The van der Waals surface area contributed by atoms with Crippen LogP contribution in [0, 0.1) is 5.92 Å². The summed E-state index contributed by atoms with van der Waals surface area (Å²) in [6.45, 7) is 0.195. The van der Waals surface area contributed by atoms with Gasteiger partial charge in [0.2, 0.25) is 11.8 Å². The largest absolute Gasteiger partial charge is 0.370 e. The summed E-state index contributed by atoms with van der Waals surface area (Å²) in [5, 5.41) is 4.25. The topological polar surface area (TPSA) is 102 Å². The second-order valence-electron chi connectivity index (χ2n) is 5.26. The lowest BCUT2D eigenvalue weighted by Gasteiger charge is -2.24. The van der Waals surface area contributed by atoms with Crippen LogP contribution in [0.5, 0.6) is 0 Å². The number of hydrogen-bond donors (Lipinski definition) is 2. The third-order valence-corrected chi connectivity index (χ3v) is 4.04. The van der Waals surface area contributed by atoms with E-state index in [-0.39, 0.29) is 18.9 Å². The predicted octanol–water partition coefficient (Wildman–Crippen LogP) is 0.145. The fraction of sp³-hybridized carbons (Fsp3) is 0.357. The van der Waals surface area contributed by atoms with Gasteiger partial charge in [0, 0.05) is 18.0 Å². The minimum absolute atomic E-state index is 0.0618. The van der Waals surface area contributed by atoms with Crippen LogP contribution in [0.15, 0.2) is 24.3 Å². The number of carbonyl (C=O) groups is 3. The minimum Gasteiger partial charge on any atom is -0.370 e. The molecular formula is C14H14ClN3O4. The van der Waals surface area contributed by atoms with Crippen molar-refractivity contribution in [3.05, 3.63) is 34.9 Å². The van der Waals surface area contributed by atoms with Crippen LogP contribution in [0.1, 0.15) is 18.0 Å². The molecule has 0 aliphatic carbocycles. The smallest absolute Gasteiger partial charge is 0.258 e. The highest BCUT2D eigenvalue weighted by atomic mass is 35.5. The predicted molar refractivity (Wildman–Crippen MR) is 76.2 cm³/mol. The third-order valence-electron chi connectivity index (χ3n) is 3.80. The average molecular weight is 324 g/mol. The van der Waals surface area contributed by atoms with Crippen molar-refractivity contribution in [2.24, 2.45) is 11.7 Å². The Morgan fingerprint density at radius 2 is 2.14 bits per heavy atom. The van der Waals surface area contributed by atoms with E-state index in [2.05, 4.69) is 5.32 Å². The summed E-state index contributed by atoms with van der Waals surface area (Å²) in [5.74, 6) is -2.01. The van der Waals surface area contributed by atoms with E-state index in [4.69, 9.17) is 22.2 Å². The monoisotopic (exact) mass is 323 g/mol. The Labute approximate surface area is 131 Å². The summed E-state index contributed by atoms with van der Waals surface area (Å²) in [4.78, 5) is 40.4. The highest BCUT2D eigenvalue weighted by molar-refractivity contribution is 6.30. The number of rotatable bonds is 4. The lowest BCUT2D eigenvalue weighted by atomic mass is 9.91. The van der Waals surface area contributed by atoms with Gasteiger partial charge in [0.25, 0.3) is 5.91 Å². The molecule has 22 heavy (non-hydrogen) atoms. The first-order chi connectivity index (χ1) is 10.5. The number of benzene rings is 1. The Bertz CT molecular complexity index is 651. The number of nitrogens with one attached hydrogen (secondary N) is 1. The number of halogens is 1. The Kier molecular flexibility index (Phi) is 3.86. The van der Waals surface area contributed by atoms with E-state index >= 15 is 0 Å². The van der Waals surface area contributed by atoms with Gasteiger partial charge in [0.05, 0.1) is 12.0 Å². The van der Waals surface area contributed by atoms with Crippen LogP contribution in [0.4, 0.5) is 0 Å². The van der Waals surface area contributed by atoms with Gasteiger partial charge in [-0.1, -0.05) is 23.7 Å². The number of carbonyl (C=O) groups excluding carboxylic acids is 3. The van der Waals surface area contributed by atoms with Gasteiger partial charge in [0.15, 0.2) is 6.10 Å². The SMILES string of the molecule is NC(=O)CCN1OC2C(=O)NC(=O)C2C1c1cccc(Cl)c1. The average Bonchev–Trinajstić information content (AvgIpc) is 2.95. The van der Waals surface area contributed by atoms with Gasteiger partial charge < -0.3 is 5.73 Å². The molecule has 3 rings (SSSR count). The number of fused-ring (bicyclic) bond motifs is 1. The third kappa shape index (κ3) is 2.58. The van der Waals surface area contributed by atoms with E-state index in [1.807, 2.05) is 0 Å². The fourth-order valence-corrected chi connectivity index (χ4v) is 3.06. The molecule has 0 spiro atoms. The van der Waals surface area contributed by atoms with Gasteiger partial charge in [-0.15, -0.1) is 0 Å². The first-order valence-electron chi connectivity index (χ1n) is 6.79. The minimum atomic E-state index is -0.885. The van der Waals surface area contributed by atoms with E-state index < -0.39 is 29.9 Å². The maximum atomic E-state index is 12.1. The van der Waals surface area contributed by atoms with Crippen LogP contribution in [-0.4, -0.2) is 35.4 Å². The van der Waals surface area contributed by atoms with E-state index in [0.29, 0.717) is 5.02 Å². The number of hydrogen-bond acceptors (Lipinski definition) is 5. The van der Waals surface area contributed by atoms with Crippen LogP contribution >= 0.6 is 11.6 Å². The number of nitrogens with zero attached hydrogens (tertiary/aromatic N) is 1. The summed E-state index contributed by atoms with van der Waals surface area (Å²) in [6, 6.07) is 6.49. The molecule has 2 aliphatic rings. The van der Waals surface area contributed by atoms with Gasteiger partial charge in [-0.3, -0.25) is 24.5 Å². The van der Waals surface area contributed by atoms with Gasteiger partial charge in [-0.25, -0.2) is 0 Å². The highest BCUT2D eigenvalue weighted by Gasteiger charge is 2.56. The molecule has 0 radical (unpaired) electrons. The molecular weight excluding hydrogens is 310 g/mol. The number of nitrogens with two attached hydrogens (primary N) is 1. The summed E-state index contributed by atoms with van der Waals surface area (Å²) >= 11 is 6.01. The van der Waals surface area contributed by atoms with Gasteiger partial charge in [-0.2, -0.15) is 5.06 Å². The van der Waals surface area contributed by atoms with Crippen molar-refractivity contribution in [2.75, 3.05) is 6.54 Å². The standard InChI is InChI=1S/C14H14ClN3O4/c15-8-3-1-2-7(6-8)11-10-12(14(21)17-13(10)20)22-18(11)5-4-9(16)19/h1-3,6,10-12H,4-5H2,(H2,16,19)(H,17,20,21). The number of primary amides is 1. The van der Waals surface area contributed by atoms with Crippen molar-refractivity contribution < 1.29 is 19.2 Å². The molecule has 0 aromatic heterocycles. The number of amides is 3. The zero-order chi connectivity index (χ0) is 15.9. The van der Waals surface area contributed by atoms with E-state index in [9.17, 15) is 14.4 Å². The molecule has 0 saturated carbocycles. The summed E-state index contributed by atoms with van der Waals surface area (Å²) in [6.07, 6.45) is -0.823. The molecule has 2 heterocycles. The van der Waals surface area contributed by atoms with E-state index in [1.54, 1.807) is 24.3 Å². The first kappa shape index (κ1) is 15.0. The molecule has 3 amide bonds. The van der Waals surface area contributed by atoms with Crippen LogP contribution in [-0.2, 0) is 19.2 Å². The molecule has 3 N–H and O–H groups in total. The highest BCUT2D eigenvalue weighted by Crippen LogP contribution is 2.42. The van der Waals surface area contributed by atoms with Gasteiger partial charge >= 0.3 is 0 Å². The maximum absolute atomic E-state index is 12.1. The van der Waals surface area contributed by atoms with Crippen LogP contribution in [0.25, 0.3) is 0 Å². The normalized spacial score (nSPS) is 27.8. The van der Waals surface area contributed by atoms with Crippen LogP contribution in [0.3, 0.4) is 0 Å². The Morgan fingerprint density at radius 1 is 1.36 bits per heavy atom. The molecule has 2 saturated heterocycles. The molecule has 116 valence electrons. The van der Waals surface area contributed by atoms with Gasteiger partial charge in [-0.05, 0) is 17.7 Å². The lowest BCUT2D eigenvalue weighted by molar-refractivity contribution is -0.174. The lowest BCUT2D eigenvalue weighted by Crippen LogP contribution is -2.34. The van der Waals surface area contributed by atoms with Crippen molar-refractivity contribution in [1.29, 1.82) is 0 Å². The molecule has 1 aromatic rings. The number of hydroxylamine groups is 2. The Balaban J connectivity index is 1.94. The molecule has 1 aromatic carbocycles. The zero-order valence-corrected chi connectivity index (χ0v) is 12.2. The Morgan fingerprint density at radius 3 is 2.82 bits per heavy atom.